The van der Waals surface area contributed by atoms with Crippen LogP contribution in [0.3, 0.4) is 0 Å². The Morgan fingerprint density at radius 2 is 1.93 bits per heavy atom. The molecule has 0 fully saturated rings. The average molecular weight is 368 g/mol. The molecular weight excluding hydrogens is 340 g/mol. The van der Waals surface area contributed by atoms with Gasteiger partial charge in [-0.3, -0.25) is 4.79 Å². The first-order valence-corrected chi connectivity index (χ1v) is 9.71. The smallest absolute Gasteiger partial charge is 0.308 e. The van der Waals surface area contributed by atoms with Crippen LogP contribution in [0.25, 0.3) is 0 Å². The molecule has 0 heterocycles. The van der Waals surface area contributed by atoms with Crippen molar-refractivity contribution in [2.75, 3.05) is 13.7 Å². The highest BCUT2D eigenvalue weighted by molar-refractivity contribution is 5.70. The van der Waals surface area contributed by atoms with Crippen molar-refractivity contribution in [3.8, 4) is 5.75 Å². The zero-order chi connectivity index (χ0) is 19.2. The zero-order valence-corrected chi connectivity index (χ0v) is 16.4. The van der Waals surface area contributed by atoms with E-state index in [2.05, 4.69) is 25.1 Å². The molecule has 0 spiro atoms. The van der Waals surface area contributed by atoms with Crippen LogP contribution >= 0.6 is 0 Å². The lowest BCUT2D eigenvalue weighted by molar-refractivity contribution is -0.143. The molecule has 144 valence electrons. The summed E-state index contributed by atoms with van der Waals surface area (Å²) in [7, 11) is 1.39. The van der Waals surface area contributed by atoms with Crippen LogP contribution in [0.2, 0.25) is 0 Å². The quantitative estimate of drug-likeness (QED) is 0.618. The minimum absolute atomic E-state index is 0.107. The first kappa shape index (κ1) is 19.4. The molecule has 1 unspecified atom stereocenters. The van der Waals surface area contributed by atoms with Crippen molar-refractivity contribution in [2.45, 2.75) is 51.7 Å². The van der Waals surface area contributed by atoms with Gasteiger partial charge in [0.1, 0.15) is 11.9 Å². The van der Waals surface area contributed by atoms with E-state index in [0.717, 1.165) is 30.6 Å². The van der Waals surface area contributed by atoms with Crippen LogP contribution in [-0.4, -0.2) is 19.7 Å². The molecule has 0 N–H and O–H groups in total. The highest BCUT2D eigenvalue weighted by atomic mass is 16.5. The second kappa shape index (κ2) is 9.05. The highest BCUT2D eigenvalue weighted by Crippen LogP contribution is 2.37. The number of aryl methyl sites for hydroxylation is 1. The van der Waals surface area contributed by atoms with Gasteiger partial charge in [-0.25, -0.2) is 0 Å². The van der Waals surface area contributed by atoms with Crippen LogP contribution in [0.4, 0.5) is 0 Å². The standard InChI is InChI=1S/C23H28O4/c1-4-16-7-6-8-20-19(16)13-14-21(20)27-18-11-9-17(10-12-18)22(26-5-2)15-23(24)25-3/h6-12,21-22H,4-5,13-15H2,1-3H3/t21?,22-/m0/s1. The first-order chi connectivity index (χ1) is 13.2. The molecule has 2 atom stereocenters. The van der Waals surface area contributed by atoms with E-state index in [0.29, 0.717) is 6.61 Å². The number of hydrogen-bond acceptors (Lipinski definition) is 4. The number of carbonyl (C=O) groups is 1. The summed E-state index contributed by atoms with van der Waals surface area (Å²) in [6.45, 7) is 4.66. The van der Waals surface area contributed by atoms with Crippen molar-refractivity contribution < 1.29 is 19.0 Å². The summed E-state index contributed by atoms with van der Waals surface area (Å²) in [4.78, 5) is 11.6. The largest absolute Gasteiger partial charge is 0.486 e. The van der Waals surface area contributed by atoms with E-state index in [1.807, 2.05) is 31.2 Å². The molecular formula is C23H28O4. The molecule has 0 saturated heterocycles. The fourth-order valence-electron chi connectivity index (χ4n) is 3.78. The van der Waals surface area contributed by atoms with Gasteiger partial charge in [0.15, 0.2) is 0 Å². The predicted octanol–water partition coefficient (Wildman–Crippen LogP) is 4.96. The maximum Gasteiger partial charge on any atom is 0.308 e. The van der Waals surface area contributed by atoms with Crippen molar-refractivity contribution in [1.82, 2.24) is 0 Å². The molecule has 0 radical (unpaired) electrons. The van der Waals surface area contributed by atoms with Crippen molar-refractivity contribution in [3.05, 3.63) is 64.7 Å². The predicted molar refractivity (Wildman–Crippen MR) is 105 cm³/mol. The Kier molecular flexibility index (Phi) is 6.51. The molecule has 0 aliphatic heterocycles. The third-order valence-electron chi connectivity index (χ3n) is 5.17. The third-order valence-corrected chi connectivity index (χ3v) is 5.17. The van der Waals surface area contributed by atoms with Crippen molar-refractivity contribution >= 4 is 5.97 Å². The van der Waals surface area contributed by atoms with Crippen molar-refractivity contribution in [1.29, 1.82) is 0 Å². The molecule has 0 amide bonds. The van der Waals surface area contributed by atoms with Gasteiger partial charge < -0.3 is 14.2 Å². The van der Waals surface area contributed by atoms with Gasteiger partial charge in [-0.2, -0.15) is 0 Å². The van der Waals surface area contributed by atoms with Crippen LogP contribution in [0.1, 0.15) is 61.2 Å². The number of carbonyl (C=O) groups excluding carboxylic acids is 1. The lowest BCUT2D eigenvalue weighted by Gasteiger charge is -2.18. The Balaban J connectivity index is 1.71. The van der Waals surface area contributed by atoms with Crippen molar-refractivity contribution in [2.24, 2.45) is 0 Å². The molecule has 27 heavy (non-hydrogen) atoms. The first-order valence-electron chi connectivity index (χ1n) is 9.71. The van der Waals surface area contributed by atoms with Gasteiger partial charge in [-0.15, -0.1) is 0 Å². The molecule has 0 bridgehead atoms. The van der Waals surface area contributed by atoms with E-state index in [-0.39, 0.29) is 24.6 Å². The summed E-state index contributed by atoms with van der Waals surface area (Å²) < 4.78 is 16.7. The second-order valence-electron chi connectivity index (χ2n) is 6.78. The second-order valence-corrected chi connectivity index (χ2v) is 6.78. The van der Waals surface area contributed by atoms with Crippen LogP contribution in [0, 0.1) is 0 Å². The number of benzene rings is 2. The normalized spacial score (nSPS) is 16.6. The van der Waals surface area contributed by atoms with Gasteiger partial charge >= 0.3 is 5.97 Å². The number of hydrogen-bond donors (Lipinski definition) is 0. The van der Waals surface area contributed by atoms with Gasteiger partial charge in [0.25, 0.3) is 0 Å². The van der Waals surface area contributed by atoms with Crippen LogP contribution in [0.15, 0.2) is 42.5 Å². The van der Waals surface area contributed by atoms with Crippen molar-refractivity contribution in [3.63, 3.8) is 0 Å². The molecule has 0 aromatic heterocycles. The van der Waals surface area contributed by atoms with E-state index in [1.54, 1.807) is 0 Å². The Bertz CT molecular complexity index is 766. The SMILES string of the molecule is CCO[C@@H](CC(=O)OC)c1ccc(OC2CCc3c(CC)cccc32)cc1. The van der Waals surface area contributed by atoms with Crippen LogP contribution in [0.5, 0.6) is 5.75 Å². The third kappa shape index (κ3) is 4.51. The number of ether oxygens (including phenoxy) is 3. The van der Waals surface area contributed by atoms with E-state index < -0.39 is 0 Å². The monoisotopic (exact) mass is 368 g/mol. The molecule has 2 aromatic rings. The van der Waals surface area contributed by atoms with Gasteiger partial charge in [-0.1, -0.05) is 37.3 Å². The van der Waals surface area contributed by atoms with Gasteiger partial charge in [0.05, 0.1) is 19.6 Å². The van der Waals surface area contributed by atoms with Gasteiger partial charge in [0.2, 0.25) is 0 Å². The summed E-state index contributed by atoms with van der Waals surface area (Å²) >= 11 is 0. The molecule has 1 aliphatic carbocycles. The maximum atomic E-state index is 11.6. The van der Waals surface area contributed by atoms with Crippen LogP contribution < -0.4 is 4.74 Å². The minimum atomic E-state index is -0.296. The lowest BCUT2D eigenvalue weighted by atomic mass is 10.0. The molecule has 4 nitrogen and oxygen atoms in total. The van der Waals surface area contributed by atoms with Gasteiger partial charge in [0, 0.05) is 6.61 Å². The molecule has 3 rings (SSSR count). The average Bonchev–Trinajstić information content (AvgIpc) is 3.11. The fraction of sp³-hybridized carbons (Fsp3) is 0.435. The Morgan fingerprint density at radius 1 is 1.15 bits per heavy atom. The highest BCUT2D eigenvalue weighted by Gasteiger charge is 2.25. The Labute approximate surface area is 161 Å². The van der Waals surface area contributed by atoms with Gasteiger partial charge in [-0.05, 0) is 60.6 Å². The maximum absolute atomic E-state index is 11.6. The Morgan fingerprint density at radius 3 is 2.59 bits per heavy atom. The zero-order valence-electron chi connectivity index (χ0n) is 16.4. The fourth-order valence-corrected chi connectivity index (χ4v) is 3.78. The molecule has 2 aromatic carbocycles. The lowest BCUT2D eigenvalue weighted by Crippen LogP contribution is -2.12. The summed E-state index contributed by atoms with van der Waals surface area (Å²) in [5.41, 5.74) is 5.15. The van der Waals surface area contributed by atoms with E-state index in [9.17, 15) is 4.79 Å². The summed E-state index contributed by atoms with van der Waals surface area (Å²) in [5, 5.41) is 0. The Hall–Kier alpha value is -2.33. The van der Waals surface area contributed by atoms with E-state index >= 15 is 0 Å². The number of methoxy groups -OCH3 is 1. The summed E-state index contributed by atoms with van der Waals surface area (Å²) in [6, 6.07) is 14.4. The number of esters is 1. The summed E-state index contributed by atoms with van der Waals surface area (Å²) in [5.74, 6) is 0.565. The van der Waals surface area contributed by atoms with E-state index in [1.165, 1.54) is 23.8 Å². The topological polar surface area (TPSA) is 44.8 Å². The number of fused-ring (bicyclic) bond motifs is 1. The van der Waals surface area contributed by atoms with E-state index in [4.69, 9.17) is 14.2 Å². The number of rotatable bonds is 8. The van der Waals surface area contributed by atoms with Crippen LogP contribution in [-0.2, 0) is 27.1 Å². The molecule has 4 heteroatoms. The minimum Gasteiger partial charge on any atom is -0.486 e. The summed E-state index contributed by atoms with van der Waals surface area (Å²) in [6.07, 6.45) is 3.17. The molecule has 1 aliphatic rings. The molecule has 0 saturated carbocycles.